The van der Waals surface area contributed by atoms with E-state index in [9.17, 15) is 0 Å². The quantitative estimate of drug-likeness (QED) is 0.730. The van der Waals surface area contributed by atoms with Crippen LogP contribution in [0.15, 0.2) is 6.33 Å². The molecule has 1 aromatic heterocycles. The highest BCUT2D eigenvalue weighted by Crippen LogP contribution is 2.22. The summed E-state index contributed by atoms with van der Waals surface area (Å²) in [5.41, 5.74) is -0.0911. The van der Waals surface area contributed by atoms with Crippen LogP contribution in [-0.4, -0.2) is 34.4 Å². The first-order chi connectivity index (χ1) is 8.09. The molecule has 5 heteroatoms. The van der Waals surface area contributed by atoms with Gasteiger partial charge in [0.2, 0.25) is 0 Å². The van der Waals surface area contributed by atoms with Crippen LogP contribution in [0.25, 0.3) is 0 Å². The lowest BCUT2D eigenvalue weighted by molar-refractivity contribution is 0.0115. The molecule has 0 fully saturated rings. The van der Waals surface area contributed by atoms with Gasteiger partial charge in [0.05, 0.1) is 11.6 Å². The van der Waals surface area contributed by atoms with Crippen LogP contribution in [0.2, 0.25) is 0 Å². The summed E-state index contributed by atoms with van der Waals surface area (Å²) in [6.45, 7) is 7.34. The van der Waals surface area contributed by atoms with Crippen molar-refractivity contribution in [1.82, 2.24) is 20.5 Å². The van der Waals surface area contributed by atoms with E-state index in [2.05, 4.69) is 41.3 Å². The normalized spacial score (nSPS) is 13.9. The Hall–Kier alpha value is -0.940. The number of methoxy groups -OCH3 is 1. The SMILES string of the molecule is CCCNC(CCC(C)(C)OC)c1ncn[nH]1. The van der Waals surface area contributed by atoms with Gasteiger partial charge in [0.1, 0.15) is 12.2 Å². The van der Waals surface area contributed by atoms with Gasteiger partial charge in [0.15, 0.2) is 0 Å². The summed E-state index contributed by atoms with van der Waals surface area (Å²) in [6.07, 6.45) is 4.62. The van der Waals surface area contributed by atoms with Gasteiger partial charge in [-0.05, 0) is 39.7 Å². The molecule has 0 saturated carbocycles. The Labute approximate surface area is 103 Å². The molecule has 1 unspecified atom stereocenters. The largest absolute Gasteiger partial charge is 0.379 e. The number of ether oxygens (including phenoxy) is 1. The van der Waals surface area contributed by atoms with Crippen molar-refractivity contribution in [3.8, 4) is 0 Å². The monoisotopic (exact) mass is 240 g/mol. The Bertz CT molecular complexity index is 297. The summed E-state index contributed by atoms with van der Waals surface area (Å²) >= 11 is 0. The summed E-state index contributed by atoms with van der Waals surface area (Å²) in [6, 6.07) is 0.229. The maximum Gasteiger partial charge on any atom is 0.141 e. The van der Waals surface area contributed by atoms with Crippen molar-refractivity contribution >= 4 is 0 Å². The van der Waals surface area contributed by atoms with E-state index in [4.69, 9.17) is 4.74 Å². The van der Waals surface area contributed by atoms with Crippen LogP contribution in [0.3, 0.4) is 0 Å². The second-order valence-electron chi connectivity index (χ2n) is 4.88. The Morgan fingerprint density at radius 2 is 2.29 bits per heavy atom. The van der Waals surface area contributed by atoms with Crippen LogP contribution >= 0.6 is 0 Å². The average molecular weight is 240 g/mol. The first-order valence-electron chi connectivity index (χ1n) is 6.23. The second kappa shape index (κ2) is 6.71. The fourth-order valence-electron chi connectivity index (χ4n) is 1.63. The molecule has 1 heterocycles. The van der Waals surface area contributed by atoms with Crippen LogP contribution < -0.4 is 5.32 Å². The smallest absolute Gasteiger partial charge is 0.141 e. The molecule has 98 valence electrons. The van der Waals surface area contributed by atoms with Crippen molar-refractivity contribution < 1.29 is 4.74 Å². The van der Waals surface area contributed by atoms with Gasteiger partial charge in [-0.3, -0.25) is 5.10 Å². The highest BCUT2D eigenvalue weighted by Gasteiger charge is 2.21. The van der Waals surface area contributed by atoms with Crippen LogP contribution in [0, 0.1) is 0 Å². The van der Waals surface area contributed by atoms with Crippen molar-refractivity contribution in [2.45, 2.75) is 51.7 Å². The summed E-state index contributed by atoms with van der Waals surface area (Å²) in [5.74, 6) is 0.908. The van der Waals surface area contributed by atoms with Gasteiger partial charge < -0.3 is 10.1 Å². The molecule has 17 heavy (non-hydrogen) atoms. The molecule has 5 nitrogen and oxygen atoms in total. The molecule has 1 rings (SSSR count). The predicted molar refractivity (Wildman–Crippen MR) is 67.7 cm³/mol. The van der Waals surface area contributed by atoms with E-state index >= 15 is 0 Å². The van der Waals surface area contributed by atoms with E-state index in [1.54, 1.807) is 13.4 Å². The maximum atomic E-state index is 5.44. The van der Waals surface area contributed by atoms with E-state index in [0.717, 1.165) is 31.6 Å². The zero-order chi connectivity index (χ0) is 12.7. The second-order valence-corrected chi connectivity index (χ2v) is 4.88. The number of rotatable bonds is 8. The highest BCUT2D eigenvalue weighted by molar-refractivity contribution is 4.92. The fraction of sp³-hybridized carbons (Fsp3) is 0.833. The lowest BCUT2D eigenvalue weighted by atomic mass is 9.98. The summed E-state index contributed by atoms with van der Waals surface area (Å²) in [4.78, 5) is 4.23. The molecule has 0 bridgehead atoms. The molecule has 2 N–H and O–H groups in total. The van der Waals surface area contributed by atoms with Crippen LogP contribution in [0.4, 0.5) is 0 Å². The third-order valence-electron chi connectivity index (χ3n) is 2.99. The van der Waals surface area contributed by atoms with E-state index < -0.39 is 0 Å². The third kappa shape index (κ3) is 4.83. The van der Waals surface area contributed by atoms with E-state index in [1.807, 2.05) is 0 Å². The van der Waals surface area contributed by atoms with Crippen LogP contribution in [-0.2, 0) is 4.74 Å². The number of nitrogens with one attached hydrogen (secondary N) is 2. The molecule has 0 aromatic carbocycles. The highest BCUT2D eigenvalue weighted by atomic mass is 16.5. The molecular formula is C12H24N4O. The Morgan fingerprint density at radius 3 is 2.82 bits per heavy atom. The van der Waals surface area contributed by atoms with Gasteiger partial charge in [-0.15, -0.1) is 0 Å². The molecule has 0 saturated heterocycles. The first-order valence-corrected chi connectivity index (χ1v) is 6.23. The van der Waals surface area contributed by atoms with Crippen molar-refractivity contribution in [2.24, 2.45) is 0 Å². The van der Waals surface area contributed by atoms with Gasteiger partial charge in [0, 0.05) is 7.11 Å². The average Bonchev–Trinajstić information content (AvgIpc) is 2.83. The molecule has 0 spiro atoms. The number of hydrogen-bond acceptors (Lipinski definition) is 4. The van der Waals surface area contributed by atoms with Gasteiger partial charge in [-0.2, -0.15) is 5.10 Å². The number of aromatic amines is 1. The number of aromatic nitrogens is 3. The molecule has 1 atom stereocenters. The molecule has 0 aliphatic carbocycles. The van der Waals surface area contributed by atoms with Crippen molar-refractivity contribution in [1.29, 1.82) is 0 Å². The van der Waals surface area contributed by atoms with Gasteiger partial charge in [-0.1, -0.05) is 6.92 Å². The lowest BCUT2D eigenvalue weighted by Gasteiger charge is -2.25. The van der Waals surface area contributed by atoms with E-state index in [0.29, 0.717) is 0 Å². The molecule has 0 amide bonds. The minimum atomic E-state index is -0.0911. The van der Waals surface area contributed by atoms with Crippen molar-refractivity contribution in [3.05, 3.63) is 12.2 Å². The van der Waals surface area contributed by atoms with Crippen LogP contribution in [0.1, 0.15) is 51.9 Å². The summed E-state index contributed by atoms with van der Waals surface area (Å²) in [5, 5.41) is 10.3. The van der Waals surface area contributed by atoms with Gasteiger partial charge in [0.25, 0.3) is 0 Å². The number of nitrogens with zero attached hydrogens (tertiary/aromatic N) is 2. The van der Waals surface area contributed by atoms with Crippen molar-refractivity contribution in [2.75, 3.05) is 13.7 Å². The molecule has 0 radical (unpaired) electrons. The zero-order valence-electron chi connectivity index (χ0n) is 11.3. The molecule has 0 aliphatic heterocycles. The minimum Gasteiger partial charge on any atom is -0.379 e. The Kier molecular flexibility index (Phi) is 5.58. The molecule has 1 aromatic rings. The maximum absolute atomic E-state index is 5.44. The topological polar surface area (TPSA) is 62.8 Å². The lowest BCUT2D eigenvalue weighted by Crippen LogP contribution is -2.28. The minimum absolute atomic E-state index is 0.0911. The Balaban J connectivity index is 2.53. The predicted octanol–water partition coefficient (Wildman–Crippen LogP) is 2.05. The third-order valence-corrected chi connectivity index (χ3v) is 2.99. The summed E-state index contributed by atoms with van der Waals surface area (Å²) < 4.78 is 5.44. The Morgan fingerprint density at radius 1 is 1.53 bits per heavy atom. The number of H-pyrrole nitrogens is 1. The van der Waals surface area contributed by atoms with Crippen LogP contribution in [0.5, 0.6) is 0 Å². The molecule has 0 aliphatic rings. The zero-order valence-corrected chi connectivity index (χ0v) is 11.3. The summed E-state index contributed by atoms with van der Waals surface area (Å²) in [7, 11) is 1.75. The van der Waals surface area contributed by atoms with Gasteiger partial charge >= 0.3 is 0 Å². The standard InChI is InChI=1S/C12H24N4O/c1-5-8-13-10(11-14-9-15-16-11)6-7-12(2,3)17-4/h9-10,13H,5-8H2,1-4H3,(H,14,15,16). The van der Waals surface area contributed by atoms with Gasteiger partial charge in [-0.25, -0.2) is 4.98 Å². The van der Waals surface area contributed by atoms with E-state index in [1.165, 1.54) is 0 Å². The number of hydrogen-bond donors (Lipinski definition) is 2. The van der Waals surface area contributed by atoms with Crippen molar-refractivity contribution in [3.63, 3.8) is 0 Å². The first kappa shape index (κ1) is 14.1. The fourth-order valence-corrected chi connectivity index (χ4v) is 1.63. The van der Waals surface area contributed by atoms with E-state index in [-0.39, 0.29) is 11.6 Å². The molecular weight excluding hydrogens is 216 g/mol.